The minimum Gasteiger partial charge on any atom is -0.406 e. The summed E-state index contributed by atoms with van der Waals surface area (Å²) >= 11 is 0. The molecule has 138 valence electrons. The molecule has 0 saturated heterocycles. The van der Waals surface area contributed by atoms with Gasteiger partial charge in [-0.25, -0.2) is 8.42 Å². The van der Waals surface area contributed by atoms with Crippen molar-refractivity contribution in [1.82, 2.24) is 4.98 Å². The predicted octanol–water partition coefficient (Wildman–Crippen LogP) is 3.60. The highest BCUT2D eigenvalue weighted by atomic mass is 32.2. The lowest BCUT2D eigenvalue weighted by Crippen LogP contribution is -2.17. The molecule has 1 aliphatic rings. The first-order chi connectivity index (χ1) is 12.1. The van der Waals surface area contributed by atoms with Crippen LogP contribution in [0.5, 0.6) is 5.75 Å². The van der Waals surface area contributed by atoms with Gasteiger partial charge in [0.25, 0.3) is 5.69 Å². The minimum atomic E-state index is -4.90. The first kappa shape index (κ1) is 18.1. The number of ether oxygens (including phenoxy) is 1. The highest BCUT2D eigenvalue weighted by Gasteiger charge is 2.35. The van der Waals surface area contributed by atoms with Gasteiger partial charge >= 0.3 is 6.36 Å². The first-order valence-electron chi connectivity index (χ1n) is 7.33. The number of hydrogen-bond donors (Lipinski definition) is 0. The van der Waals surface area contributed by atoms with Crippen molar-refractivity contribution in [3.05, 3.63) is 52.3 Å². The number of benzene rings is 1. The Labute approximate surface area is 145 Å². The normalized spacial score (nSPS) is 14.9. The molecular weight excluding hydrogens is 377 g/mol. The zero-order chi connectivity index (χ0) is 19.1. The fourth-order valence-electron chi connectivity index (χ4n) is 2.37. The molecule has 0 atom stereocenters. The van der Waals surface area contributed by atoms with Crippen LogP contribution in [0, 0.1) is 10.1 Å². The molecule has 1 aromatic carbocycles. The van der Waals surface area contributed by atoms with E-state index in [-0.39, 0.29) is 21.4 Å². The quantitative estimate of drug-likeness (QED) is 0.573. The average Bonchev–Trinajstić information content (AvgIpc) is 3.38. The molecule has 0 aliphatic heterocycles. The number of hydrogen-bond acceptors (Lipinski definition) is 6. The topological polar surface area (TPSA) is 99.4 Å². The van der Waals surface area contributed by atoms with Crippen molar-refractivity contribution in [2.24, 2.45) is 0 Å². The molecule has 1 fully saturated rings. The van der Waals surface area contributed by atoms with Gasteiger partial charge < -0.3 is 4.74 Å². The summed E-state index contributed by atoms with van der Waals surface area (Å²) in [5.74, 6) is -0.676. The van der Waals surface area contributed by atoms with Gasteiger partial charge in [0, 0.05) is 12.0 Å². The molecule has 0 unspecified atom stereocenters. The van der Waals surface area contributed by atoms with Crippen molar-refractivity contribution in [2.75, 3.05) is 0 Å². The van der Waals surface area contributed by atoms with E-state index in [4.69, 9.17) is 0 Å². The Kier molecular flexibility index (Phi) is 4.34. The molecule has 0 N–H and O–H groups in total. The second-order valence-electron chi connectivity index (χ2n) is 5.63. The standard InChI is InChI=1S/C15H11F3N2O5S/c16-15(17,18)25-11-3-5-12(6-4-11)26(23,24)13-7-10(20(21)22)8-19-14(13)9-1-2-9/h3-9H,1-2H2. The Morgan fingerprint density at radius 1 is 1.19 bits per heavy atom. The zero-order valence-electron chi connectivity index (χ0n) is 12.9. The average molecular weight is 388 g/mol. The molecule has 0 spiro atoms. The Morgan fingerprint density at radius 2 is 1.81 bits per heavy atom. The summed E-state index contributed by atoms with van der Waals surface area (Å²) in [5, 5.41) is 10.9. The van der Waals surface area contributed by atoms with Crippen LogP contribution in [0.15, 0.2) is 46.3 Å². The summed E-state index contributed by atoms with van der Waals surface area (Å²) in [4.78, 5) is 13.5. The summed E-state index contributed by atoms with van der Waals surface area (Å²) in [7, 11) is -4.19. The number of rotatable bonds is 5. The number of pyridine rings is 1. The van der Waals surface area contributed by atoms with Crippen LogP contribution in [0.3, 0.4) is 0 Å². The van der Waals surface area contributed by atoms with Gasteiger partial charge in [-0.2, -0.15) is 0 Å². The Balaban J connectivity index is 2.02. The number of alkyl halides is 3. The number of nitrogens with zero attached hydrogens (tertiary/aromatic N) is 2. The predicted molar refractivity (Wildman–Crippen MR) is 81.4 cm³/mol. The SMILES string of the molecule is O=[N+]([O-])c1cnc(C2CC2)c(S(=O)(=O)c2ccc(OC(F)(F)F)cc2)c1. The lowest BCUT2D eigenvalue weighted by atomic mass is 10.2. The molecular formula is C15H11F3N2O5S. The second-order valence-corrected chi connectivity index (χ2v) is 7.55. The first-order valence-corrected chi connectivity index (χ1v) is 8.81. The summed E-state index contributed by atoms with van der Waals surface area (Å²) in [5.41, 5.74) is -0.254. The van der Waals surface area contributed by atoms with Crippen LogP contribution in [0.25, 0.3) is 0 Å². The van der Waals surface area contributed by atoms with E-state index in [0.29, 0.717) is 12.8 Å². The highest BCUT2D eigenvalue weighted by molar-refractivity contribution is 7.91. The fourth-order valence-corrected chi connectivity index (χ4v) is 3.89. The van der Waals surface area contributed by atoms with Crippen LogP contribution in [0.1, 0.15) is 24.5 Å². The van der Waals surface area contributed by atoms with Gasteiger partial charge in [0.1, 0.15) is 16.8 Å². The molecule has 1 saturated carbocycles. The maximum absolute atomic E-state index is 12.8. The van der Waals surface area contributed by atoms with Crippen LogP contribution in [0.4, 0.5) is 18.9 Å². The van der Waals surface area contributed by atoms with Crippen LogP contribution in [-0.4, -0.2) is 24.7 Å². The molecule has 0 radical (unpaired) electrons. The molecule has 0 bridgehead atoms. The van der Waals surface area contributed by atoms with Crippen LogP contribution < -0.4 is 4.74 Å². The number of sulfone groups is 1. The zero-order valence-corrected chi connectivity index (χ0v) is 13.7. The summed E-state index contributed by atoms with van der Waals surface area (Å²) < 4.78 is 66.0. The third-order valence-corrected chi connectivity index (χ3v) is 5.50. The van der Waals surface area contributed by atoms with E-state index in [0.717, 1.165) is 36.5 Å². The van der Waals surface area contributed by atoms with E-state index in [1.54, 1.807) is 0 Å². The van der Waals surface area contributed by atoms with Crippen LogP contribution >= 0.6 is 0 Å². The van der Waals surface area contributed by atoms with Gasteiger partial charge in [0.05, 0.1) is 15.5 Å². The maximum atomic E-state index is 12.8. The number of aromatic nitrogens is 1. The van der Waals surface area contributed by atoms with Crippen molar-refractivity contribution in [1.29, 1.82) is 0 Å². The summed E-state index contributed by atoms with van der Waals surface area (Å²) in [6.45, 7) is 0. The van der Waals surface area contributed by atoms with E-state index in [1.165, 1.54) is 0 Å². The third-order valence-electron chi connectivity index (χ3n) is 3.70. The molecule has 0 amide bonds. The molecule has 11 heteroatoms. The van der Waals surface area contributed by atoms with E-state index in [2.05, 4.69) is 9.72 Å². The van der Waals surface area contributed by atoms with E-state index < -0.39 is 32.6 Å². The van der Waals surface area contributed by atoms with E-state index in [1.807, 2.05) is 0 Å². The van der Waals surface area contributed by atoms with Crippen molar-refractivity contribution < 1.29 is 31.2 Å². The molecule has 7 nitrogen and oxygen atoms in total. The highest BCUT2D eigenvalue weighted by Crippen LogP contribution is 2.43. The molecule has 2 aromatic rings. The van der Waals surface area contributed by atoms with Gasteiger partial charge in [-0.05, 0) is 37.1 Å². The monoisotopic (exact) mass is 388 g/mol. The van der Waals surface area contributed by atoms with Crippen molar-refractivity contribution in [2.45, 2.75) is 34.9 Å². The molecule has 3 rings (SSSR count). The van der Waals surface area contributed by atoms with Gasteiger partial charge in [-0.1, -0.05) is 0 Å². The van der Waals surface area contributed by atoms with E-state index in [9.17, 15) is 31.7 Å². The van der Waals surface area contributed by atoms with Crippen molar-refractivity contribution in [3.63, 3.8) is 0 Å². The summed E-state index contributed by atoms with van der Waals surface area (Å²) in [6, 6.07) is 4.55. The minimum absolute atomic E-state index is 0.103. The van der Waals surface area contributed by atoms with Gasteiger partial charge in [0.15, 0.2) is 0 Å². The van der Waals surface area contributed by atoms with Gasteiger partial charge in [-0.3, -0.25) is 15.1 Å². The van der Waals surface area contributed by atoms with Gasteiger partial charge in [-0.15, -0.1) is 13.2 Å². The van der Waals surface area contributed by atoms with Crippen molar-refractivity contribution in [3.8, 4) is 5.75 Å². The second kappa shape index (κ2) is 6.24. The fraction of sp³-hybridized carbons (Fsp3) is 0.267. The Morgan fingerprint density at radius 3 is 2.31 bits per heavy atom. The Bertz CT molecular complexity index is 954. The number of halogens is 3. The van der Waals surface area contributed by atoms with Gasteiger partial charge in [0.2, 0.25) is 9.84 Å². The third kappa shape index (κ3) is 3.77. The Hall–Kier alpha value is -2.69. The lowest BCUT2D eigenvalue weighted by Gasteiger charge is -2.11. The van der Waals surface area contributed by atoms with E-state index >= 15 is 0 Å². The molecule has 1 heterocycles. The van der Waals surface area contributed by atoms with Crippen LogP contribution in [-0.2, 0) is 9.84 Å². The smallest absolute Gasteiger partial charge is 0.406 e. The molecule has 1 aromatic heterocycles. The van der Waals surface area contributed by atoms with Crippen LogP contribution in [0.2, 0.25) is 0 Å². The largest absolute Gasteiger partial charge is 0.573 e. The maximum Gasteiger partial charge on any atom is 0.573 e. The number of nitro groups is 1. The summed E-state index contributed by atoms with van der Waals surface area (Å²) in [6.07, 6.45) is -2.48. The molecule has 26 heavy (non-hydrogen) atoms. The van der Waals surface area contributed by atoms with Crippen molar-refractivity contribution >= 4 is 15.5 Å². The lowest BCUT2D eigenvalue weighted by molar-refractivity contribution is -0.385. The molecule has 1 aliphatic carbocycles.